The number of rotatable bonds is 6. The highest BCUT2D eigenvalue weighted by Crippen LogP contribution is 2.34. The summed E-state index contributed by atoms with van der Waals surface area (Å²) in [4.78, 5) is 23.6. The lowest BCUT2D eigenvalue weighted by Crippen LogP contribution is -2.18. The summed E-state index contributed by atoms with van der Waals surface area (Å²) in [6.07, 6.45) is -3.64. The Kier molecular flexibility index (Phi) is 6.24. The van der Waals surface area contributed by atoms with Gasteiger partial charge in [0.2, 0.25) is 5.91 Å². The first kappa shape index (κ1) is 20.5. The maximum atomic E-state index is 13.5. The summed E-state index contributed by atoms with van der Waals surface area (Å²) in [5, 5.41) is 6.37. The van der Waals surface area contributed by atoms with Gasteiger partial charge in [0.25, 0.3) is 0 Å². The van der Waals surface area contributed by atoms with Crippen molar-refractivity contribution in [2.24, 2.45) is 5.92 Å². The zero-order valence-corrected chi connectivity index (χ0v) is 15.1. The zero-order valence-electron chi connectivity index (χ0n) is 15.1. The van der Waals surface area contributed by atoms with E-state index in [1.807, 2.05) is 13.8 Å². The van der Waals surface area contributed by atoms with Crippen molar-refractivity contribution in [2.45, 2.75) is 33.4 Å². The lowest BCUT2D eigenvalue weighted by molar-refractivity contribution is -0.143. The highest BCUT2D eigenvalue weighted by Gasteiger charge is 2.41. The molecule has 0 aliphatic heterocycles. The molecule has 0 spiro atoms. The lowest BCUT2D eigenvalue weighted by Gasteiger charge is -2.13. The number of hydrogen-bond acceptors (Lipinski definition) is 4. The summed E-state index contributed by atoms with van der Waals surface area (Å²) in [7, 11) is 0. The average Bonchev–Trinajstić information content (AvgIpc) is 3.00. The van der Waals surface area contributed by atoms with E-state index in [4.69, 9.17) is 0 Å². The number of amides is 1. The molecule has 1 N–H and O–H groups in total. The molecule has 0 aliphatic carbocycles. The van der Waals surface area contributed by atoms with Crippen molar-refractivity contribution in [1.29, 1.82) is 0 Å². The number of carbonyl (C=O) groups excluding carboxylic acids is 2. The van der Waals surface area contributed by atoms with E-state index in [0.717, 1.165) is 6.20 Å². The normalized spacial score (nSPS) is 11.5. The second kappa shape index (κ2) is 8.24. The van der Waals surface area contributed by atoms with E-state index in [9.17, 15) is 22.8 Å². The van der Waals surface area contributed by atoms with Gasteiger partial charge in [-0.2, -0.15) is 18.3 Å². The van der Waals surface area contributed by atoms with Crippen molar-refractivity contribution >= 4 is 17.6 Å². The van der Waals surface area contributed by atoms with E-state index in [1.54, 1.807) is 0 Å². The molecule has 0 fully saturated rings. The SMILES string of the molecule is CCOC(=O)c1cnn(-c2ccc(NC(=O)CC(C)C)cc2)c1C(F)(F)F. The molecule has 0 saturated heterocycles. The van der Waals surface area contributed by atoms with Crippen LogP contribution in [-0.4, -0.2) is 28.3 Å². The first-order chi connectivity index (χ1) is 12.6. The molecule has 1 heterocycles. The Balaban J connectivity index is 2.33. The number of anilines is 1. The minimum atomic E-state index is -4.80. The molecule has 146 valence electrons. The maximum Gasteiger partial charge on any atom is 0.434 e. The van der Waals surface area contributed by atoms with E-state index in [1.165, 1.54) is 31.2 Å². The molecule has 2 rings (SSSR count). The second-order valence-corrected chi connectivity index (χ2v) is 6.23. The summed E-state index contributed by atoms with van der Waals surface area (Å²) in [6.45, 7) is 5.26. The van der Waals surface area contributed by atoms with E-state index >= 15 is 0 Å². The van der Waals surface area contributed by atoms with Gasteiger partial charge in [-0.3, -0.25) is 4.79 Å². The Hall–Kier alpha value is -2.84. The number of esters is 1. The minimum absolute atomic E-state index is 0.0495. The molecule has 1 amide bonds. The van der Waals surface area contributed by atoms with Gasteiger partial charge in [-0.15, -0.1) is 0 Å². The quantitative estimate of drug-likeness (QED) is 0.764. The Morgan fingerprint density at radius 3 is 2.37 bits per heavy atom. The van der Waals surface area contributed by atoms with Crippen LogP contribution in [0.2, 0.25) is 0 Å². The number of halogens is 3. The fraction of sp³-hybridized carbons (Fsp3) is 0.389. The highest BCUT2D eigenvalue weighted by atomic mass is 19.4. The number of carbonyl (C=O) groups is 2. The van der Waals surface area contributed by atoms with Crippen LogP contribution in [0, 0.1) is 5.92 Å². The summed E-state index contributed by atoms with van der Waals surface area (Å²) >= 11 is 0. The van der Waals surface area contributed by atoms with E-state index < -0.39 is 23.4 Å². The molecule has 0 atom stereocenters. The largest absolute Gasteiger partial charge is 0.462 e. The number of nitrogens with one attached hydrogen (secondary N) is 1. The summed E-state index contributed by atoms with van der Waals surface area (Å²) in [5.41, 5.74) is -1.31. The van der Waals surface area contributed by atoms with Crippen molar-refractivity contribution in [3.8, 4) is 5.69 Å². The van der Waals surface area contributed by atoms with Crippen molar-refractivity contribution in [3.05, 3.63) is 41.7 Å². The Morgan fingerprint density at radius 1 is 1.22 bits per heavy atom. The topological polar surface area (TPSA) is 73.2 Å². The van der Waals surface area contributed by atoms with Crippen LogP contribution in [0.5, 0.6) is 0 Å². The highest BCUT2D eigenvalue weighted by molar-refractivity contribution is 5.91. The van der Waals surface area contributed by atoms with Crippen LogP contribution in [-0.2, 0) is 15.7 Å². The Morgan fingerprint density at radius 2 is 1.85 bits per heavy atom. The fourth-order valence-corrected chi connectivity index (χ4v) is 2.44. The fourth-order valence-electron chi connectivity index (χ4n) is 2.44. The molecule has 1 aromatic heterocycles. The van der Waals surface area contributed by atoms with Gasteiger partial charge in [-0.05, 0) is 37.1 Å². The molecule has 0 unspecified atom stereocenters. The van der Waals surface area contributed by atoms with Crippen LogP contribution in [0.3, 0.4) is 0 Å². The number of ether oxygens (including phenoxy) is 1. The summed E-state index contributed by atoms with van der Waals surface area (Å²) in [6, 6.07) is 5.70. The van der Waals surface area contributed by atoms with Gasteiger partial charge in [0.05, 0.1) is 18.5 Å². The van der Waals surface area contributed by atoms with Gasteiger partial charge in [0.15, 0.2) is 5.69 Å². The number of hydrogen-bond donors (Lipinski definition) is 1. The van der Waals surface area contributed by atoms with Gasteiger partial charge in [-0.1, -0.05) is 13.8 Å². The smallest absolute Gasteiger partial charge is 0.434 e. The number of nitrogens with zero attached hydrogens (tertiary/aromatic N) is 2. The summed E-state index contributed by atoms with van der Waals surface area (Å²) < 4.78 is 45.7. The molecule has 0 aliphatic rings. The third-order valence-corrected chi connectivity index (χ3v) is 3.52. The standard InChI is InChI=1S/C18H20F3N3O3/c1-4-27-17(26)14-10-22-24(16(14)18(19,20)21)13-7-5-12(6-8-13)23-15(25)9-11(2)3/h5-8,10-11H,4,9H2,1-3H3,(H,23,25). The molecule has 27 heavy (non-hydrogen) atoms. The summed E-state index contributed by atoms with van der Waals surface area (Å²) in [5.74, 6) is -1.09. The molecule has 6 nitrogen and oxygen atoms in total. The third kappa shape index (κ3) is 5.08. The van der Waals surface area contributed by atoms with Crippen molar-refractivity contribution in [3.63, 3.8) is 0 Å². The minimum Gasteiger partial charge on any atom is -0.462 e. The number of benzene rings is 1. The predicted octanol–water partition coefficient (Wildman–Crippen LogP) is 4.05. The number of aromatic nitrogens is 2. The van der Waals surface area contributed by atoms with Crippen molar-refractivity contribution in [1.82, 2.24) is 9.78 Å². The van der Waals surface area contributed by atoms with Crippen molar-refractivity contribution < 1.29 is 27.5 Å². The van der Waals surface area contributed by atoms with Crippen LogP contribution in [0.4, 0.5) is 18.9 Å². The van der Waals surface area contributed by atoms with Gasteiger partial charge < -0.3 is 10.1 Å². The molecular formula is C18H20F3N3O3. The second-order valence-electron chi connectivity index (χ2n) is 6.23. The Bertz CT molecular complexity index is 811. The van der Waals surface area contributed by atoms with Crippen LogP contribution in [0.1, 0.15) is 43.2 Å². The first-order valence-corrected chi connectivity index (χ1v) is 8.36. The van der Waals surface area contributed by atoms with Crippen LogP contribution in [0.15, 0.2) is 30.5 Å². The van der Waals surface area contributed by atoms with Gasteiger partial charge in [0.1, 0.15) is 5.56 Å². The van der Waals surface area contributed by atoms with Gasteiger partial charge in [0, 0.05) is 12.1 Å². The molecule has 0 saturated carbocycles. The predicted molar refractivity (Wildman–Crippen MR) is 92.6 cm³/mol. The Labute approximate surface area is 154 Å². The van der Waals surface area contributed by atoms with E-state index in [-0.39, 0.29) is 24.1 Å². The first-order valence-electron chi connectivity index (χ1n) is 8.36. The van der Waals surface area contributed by atoms with E-state index in [2.05, 4.69) is 15.2 Å². The average molecular weight is 383 g/mol. The van der Waals surface area contributed by atoms with Gasteiger partial charge >= 0.3 is 12.1 Å². The molecule has 2 aromatic rings. The van der Waals surface area contributed by atoms with E-state index in [0.29, 0.717) is 16.8 Å². The maximum absolute atomic E-state index is 13.5. The monoisotopic (exact) mass is 383 g/mol. The van der Waals surface area contributed by atoms with Crippen molar-refractivity contribution in [2.75, 3.05) is 11.9 Å². The van der Waals surface area contributed by atoms with Crippen LogP contribution < -0.4 is 5.32 Å². The molecule has 1 aromatic carbocycles. The van der Waals surface area contributed by atoms with Gasteiger partial charge in [-0.25, -0.2) is 9.48 Å². The lowest BCUT2D eigenvalue weighted by atomic mass is 10.1. The molecular weight excluding hydrogens is 363 g/mol. The molecule has 0 bridgehead atoms. The number of alkyl halides is 3. The van der Waals surface area contributed by atoms with Crippen LogP contribution >= 0.6 is 0 Å². The molecule has 9 heteroatoms. The molecule has 0 radical (unpaired) electrons. The zero-order chi connectivity index (χ0) is 20.2. The third-order valence-electron chi connectivity index (χ3n) is 3.52. The van der Waals surface area contributed by atoms with Crippen LogP contribution in [0.25, 0.3) is 5.69 Å².